The zero-order valence-electron chi connectivity index (χ0n) is 11.0. The molecule has 2 N–H and O–H groups in total. The van der Waals surface area contributed by atoms with E-state index in [1.54, 1.807) is 0 Å². The number of rotatable bonds is 6. The summed E-state index contributed by atoms with van der Waals surface area (Å²) in [5.41, 5.74) is 5.68. The fraction of sp³-hybridized carbons (Fsp3) is 0.385. The normalized spacial score (nSPS) is 12.6. The maximum atomic E-state index is 13.5. The summed E-state index contributed by atoms with van der Waals surface area (Å²) < 4.78 is 37.1. The Bertz CT molecular complexity index is 554. The van der Waals surface area contributed by atoms with Gasteiger partial charge in [-0.2, -0.15) is 4.98 Å². The predicted molar refractivity (Wildman–Crippen MR) is 66.9 cm³/mol. The molecule has 0 aliphatic carbocycles. The van der Waals surface area contributed by atoms with Crippen LogP contribution in [-0.2, 0) is 11.2 Å². The van der Waals surface area contributed by atoms with Crippen molar-refractivity contribution in [1.29, 1.82) is 0 Å². The zero-order valence-corrected chi connectivity index (χ0v) is 11.0. The number of nitrogens with two attached hydrogens (primary N) is 1. The van der Waals surface area contributed by atoms with Gasteiger partial charge in [0.05, 0.1) is 19.1 Å². The highest BCUT2D eigenvalue weighted by Crippen LogP contribution is 2.17. The molecule has 1 atom stereocenters. The number of halogens is 2. The first-order chi connectivity index (χ1) is 9.61. The van der Waals surface area contributed by atoms with Crippen molar-refractivity contribution in [2.24, 2.45) is 5.73 Å². The fourth-order valence-electron chi connectivity index (χ4n) is 1.66. The van der Waals surface area contributed by atoms with E-state index in [0.29, 0.717) is 6.61 Å². The maximum Gasteiger partial charge on any atom is 0.231 e. The van der Waals surface area contributed by atoms with Crippen LogP contribution >= 0.6 is 0 Å². The molecule has 1 heterocycles. The molecule has 0 amide bonds. The summed E-state index contributed by atoms with van der Waals surface area (Å²) in [6.45, 7) is 2.62. The van der Waals surface area contributed by atoms with Crippen LogP contribution in [0, 0.1) is 11.6 Å². The second kappa shape index (κ2) is 6.53. The van der Waals surface area contributed by atoms with Crippen molar-refractivity contribution in [1.82, 2.24) is 10.1 Å². The first-order valence-electron chi connectivity index (χ1n) is 6.20. The van der Waals surface area contributed by atoms with Crippen molar-refractivity contribution in [3.05, 3.63) is 47.1 Å². The number of hydrogen-bond acceptors (Lipinski definition) is 5. The van der Waals surface area contributed by atoms with Gasteiger partial charge in [0.2, 0.25) is 5.89 Å². The molecule has 20 heavy (non-hydrogen) atoms. The van der Waals surface area contributed by atoms with Gasteiger partial charge in [-0.05, 0) is 19.1 Å². The van der Waals surface area contributed by atoms with Crippen molar-refractivity contribution in [2.75, 3.05) is 13.2 Å². The minimum atomic E-state index is -0.650. The lowest BCUT2D eigenvalue weighted by molar-refractivity contribution is 0.130. The summed E-state index contributed by atoms with van der Waals surface area (Å²) in [5.74, 6) is -0.937. The summed E-state index contributed by atoms with van der Waals surface area (Å²) in [6, 6.07) is 3.12. The molecule has 2 rings (SSSR count). The highest BCUT2D eigenvalue weighted by atomic mass is 19.1. The summed E-state index contributed by atoms with van der Waals surface area (Å²) >= 11 is 0. The lowest BCUT2D eigenvalue weighted by Crippen LogP contribution is -2.18. The smallest absolute Gasteiger partial charge is 0.231 e. The van der Waals surface area contributed by atoms with Crippen LogP contribution in [0.25, 0.3) is 0 Å². The largest absolute Gasteiger partial charge is 0.380 e. The van der Waals surface area contributed by atoms with Crippen LogP contribution in [-0.4, -0.2) is 23.4 Å². The van der Waals surface area contributed by atoms with Gasteiger partial charge in [-0.25, -0.2) is 8.78 Å². The average Bonchev–Trinajstić information content (AvgIpc) is 2.89. The van der Waals surface area contributed by atoms with Crippen LogP contribution in [0.4, 0.5) is 8.78 Å². The molecule has 0 fully saturated rings. The summed E-state index contributed by atoms with van der Waals surface area (Å²) in [4.78, 5) is 4.02. The highest BCUT2D eigenvalue weighted by Gasteiger charge is 2.17. The lowest BCUT2D eigenvalue weighted by Gasteiger charge is -2.05. The molecule has 108 valence electrons. The van der Waals surface area contributed by atoms with E-state index < -0.39 is 17.7 Å². The molecule has 2 aromatic rings. The molecule has 0 spiro atoms. The lowest BCUT2D eigenvalue weighted by atomic mass is 10.1. The third-order valence-corrected chi connectivity index (χ3v) is 2.71. The Morgan fingerprint density at radius 2 is 2.05 bits per heavy atom. The monoisotopic (exact) mass is 283 g/mol. The third kappa shape index (κ3) is 3.37. The van der Waals surface area contributed by atoms with E-state index >= 15 is 0 Å². The number of ether oxygens (including phenoxy) is 1. The van der Waals surface area contributed by atoms with Gasteiger partial charge in [-0.15, -0.1) is 0 Å². The van der Waals surface area contributed by atoms with Gasteiger partial charge in [0.25, 0.3) is 0 Å². The number of nitrogens with zero attached hydrogens (tertiary/aromatic N) is 2. The Kier molecular flexibility index (Phi) is 4.75. The van der Waals surface area contributed by atoms with Crippen molar-refractivity contribution in [3.8, 4) is 0 Å². The van der Waals surface area contributed by atoms with Crippen molar-refractivity contribution < 1.29 is 18.0 Å². The molecule has 0 aliphatic heterocycles. The first kappa shape index (κ1) is 14.5. The topological polar surface area (TPSA) is 74.2 Å². The molecular weight excluding hydrogens is 268 g/mol. The predicted octanol–water partition coefficient (Wildman–Crippen LogP) is 1.97. The highest BCUT2D eigenvalue weighted by molar-refractivity contribution is 5.22. The average molecular weight is 283 g/mol. The van der Waals surface area contributed by atoms with Gasteiger partial charge in [0.15, 0.2) is 5.82 Å². The molecule has 1 aromatic carbocycles. The molecule has 0 saturated heterocycles. The molecule has 0 bridgehead atoms. The maximum absolute atomic E-state index is 13.5. The molecule has 0 radical (unpaired) electrons. The molecular formula is C13H15F2N3O2. The van der Waals surface area contributed by atoms with Gasteiger partial charge >= 0.3 is 0 Å². The second-order valence-corrected chi connectivity index (χ2v) is 4.19. The quantitative estimate of drug-likeness (QED) is 0.877. The Hall–Kier alpha value is -1.86. The number of benzene rings is 1. The van der Waals surface area contributed by atoms with E-state index in [2.05, 4.69) is 10.1 Å². The Morgan fingerprint density at radius 3 is 2.70 bits per heavy atom. The molecule has 5 nitrogen and oxygen atoms in total. The Balaban J connectivity index is 2.10. The van der Waals surface area contributed by atoms with Crippen molar-refractivity contribution >= 4 is 0 Å². The molecule has 0 saturated carbocycles. The summed E-state index contributed by atoms with van der Waals surface area (Å²) in [5, 5.41) is 3.69. The first-order valence-corrected chi connectivity index (χ1v) is 6.20. The van der Waals surface area contributed by atoms with Gasteiger partial charge in [-0.3, -0.25) is 0 Å². The van der Waals surface area contributed by atoms with Crippen molar-refractivity contribution in [3.63, 3.8) is 0 Å². The van der Waals surface area contributed by atoms with Crippen LogP contribution in [0.3, 0.4) is 0 Å². The van der Waals surface area contributed by atoms with Gasteiger partial charge in [-0.1, -0.05) is 11.2 Å². The minimum absolute atomic E-state index is 0.107. The number of hydrogen-bond donors (Lipinski definition) is 1. The van der Waals surface area contributed by atoms with E-state index in [4.69, 9.17) is 15.0 Å². The third-order valence-electron chi connectivity index (χ3n) is 2.71. The SMILES string of the molecule is CCOCC(N)c1noc(Cc2c(F)cccc2F)n1. The Morgan fingerprint density at radius 1 is 1.35 bits per heavy atom. The van der Waals surface area contributed by atoms with E-state index in [0.717, 1.165) is 0 Å². The van der Waals surface area contributed by atoms with E-state index in [1.807, 2.05) is 6.92 Å². The van der Waals surface area contributed by atoms with Crippen LogP contribution in [0.2, 0.25) is 0 Å². The molecule has 1 aromatic heterocycles. The van der Waals surface area contributed by atoms with Crippen LogP contribution in [0.1, 0.15) is 30.2 Å². The fourth-order valence-corrected chi connectivity index (χ4v) is 1.66. The minimum Gasteiger partial charge on any atom is -0.380 e. The molecule has 1 unspecified atom stereocenters. The van der Waals surface area contributed by atoms with Gasteiger partial charge < -0.3 is 15.0 Å². The van der Waals surface area contributed by atoms with Crippen LogP contribution < -0.4 is 5.73 Å². The van der Waals surface area contributed by atoms with Gasteiger partial charge in [0.1, 0.15) is 11.6 Å². The Labute approximate surface area is 114 Å². The van der Waals surface area contributed by atoms with Crippen molar-refractivity contribution in [2.45, 2.75) is 19.4 Å². The zero-order chi connectivity index (χ0) is 14.5. The standard InChI is InChI=1S/C13H15F2N3O2/c1-2-19-7-11(16)13-17-12(20-18-13)6-8-9(14)4-3-5-10(8)15/h3-5,11H,2,6-7,16H2,1H3. The summed E-state index contributed by atoms with van der Waals surface area (Å²) in [7, 11) is 0. The van der Waals surface area contributed by atoms with Gasteiger partial charge in [0, 0.05) is 12.2 Å². The summed E-state index contributed by atoms with van der Waals surface area (Å²) in [6.07, 6.45) is -0.118. The molecule has 7 heteroatoms. The van der Waals surface area contributed by atoms with E-state index in [-0.39, 0.29) is 30.3 Å². The molecule has 0 aliphatic rings. The number of aromatic nitrogens is 2. The second-order valence-electron chi connectivity index (χ2n) is 4.19. The van der Waals surface area contributed by atoms with Crippen LogP contribution in [0.5, 0.6) is 0 Å². The van der Waals surface area contributed by atoms with E-state index in [9.17, 15) is 8.78 Å². The van der Waals surface area contributed by atoms with E-state index in [1.165, 1.54) is 18.2 Å². The van der Waals surface area contributed by atoms with Crippen LogP contribution in [0.15, 0.2) is 22.7 Å².